The van der Waals surface area contributed by atoms with Crippen LogP contribution in [-0.2, 0) is 4.74 Å². The van der Waals surface area contributed by atoms with E-state index in [1.165, 1.54) is 70.6 Å². The third-order valence-corrected chi connectivity index (χ3v) is 10.5. The first-order valence-corrected chi connectivity index (χ1v) is 11.2. The van der Waals surface area contributed by atoms with E-state index in [2.05, 4.69) is 20.8 Å². The standard InChI is InChI=1S/C23H38O/c1-16-11-15-24-23(16)14-10-20-18-8-7-17-6-4-5-12-21(17,2)19(18)9-13-22(20,23)3/h16-20H,4-15H2,1-3H3/t16?,17?,18-,19+,20+,21+,22+,23+/m1/s1. The quantitative estimate of drug-likeness (QED) is 0.512. The number of rotatable bonds is 0. The predicted octanol–water partition coefficient (Wildman–Crippen LogP) is 6.21. The Bertz CT molecular complexity index is 514. The van der Waals surface area contributed by atoms with Gasteiger partial charge in [0.25, 0.3) is 0 Å². The van der Waals surface area contributed by atoms with E-state index in [-0.39, 0.29) is 5.60 Å². The van der Waals surface area contributed by atoms with E-state index in [1.807, 2.05) is 0 Å². The Labute approximate surface area is 149 Å². The molecule has 8 atom stereocenters. The molecule has 1 aliphatic heterocycles. The molecule has 5 fully saturated rings. The molecule has 1 saturated heterocycles. The first-order valence-electron chi connectivity index (χ1n) is 11.2. The van der Waals surface area contributed by atoms with E-state index in [9.17, 15) is 0 Å². The molecule has 0 radical (unpaired) electrons. The van der Waals surface area contributed by atoms with Crippen molar-refractivity contribution in [1.82, 2.24) is 0 Å². The molecule has 136 valence electrons. The first kappa shape index (κ1) is 16.2. The highest BCUT2D eigenvalue weighted by Gasteiger charge is 2.67. The smallest absolute Gasteiger partial charge is 0.0764 e. The number of ether oxygens (including phenoxy) is 1. The second kappa shape index (κ2) is 5.24. The maximum atomic E-state index is 6.60. The summed E-state index contributed by atoms with van der Waals surface area (Å²) in [5.41, 5.74) is 1.40. The SMILES string of the molecule is CC1CCO[C@@]12CC[C@H]1[C@@H]3CCC4CCCC[C@]4(C)[C@H]3CC[C@@]12C. The van der Waals surface area contributed by atoms with Crippen molar-refractivity contribution in [3.8, 4) is 0 Å². The van der Waals surface area contributed by atoms with Crippen molar-refractivity contribution >= 4 is 0 Å². The molecule has 1 spiro atoms. The van der Waals surface area contributed by atoms with Gasteiger partial charge in [0.2, 0.25) is 0 Å². The average molecular weight is 331 g/mol. The molecule has 4 saturated carbocycles. The molecule has 1 heterocycles. The molecule has 24 heavy (non-hydrogen) atoms. The minimum atomic E-state index is 0.243. The van der Waals surface area contributed by atoms with E-state index in [4.69, 9.17) is 4.74 Å². The highest BCUT2D eigenvalue weighted by atomic mass is 16.5. The van der Waals surface area contributed by atoms with Gasteiger partial charge in [0.1, 0.15) is 0 Å². The highest BCUT2D eigenvalue weighted by Crippen LogP contribution is 2.70. The Morgan fingerprint density at radius 2 is 1.62 bits per heavy atom. The number of hydrogen-bond donors (Lipinski definition) is 0. The van der Waals surface area contributed by atoms with Crippen LogP contribution in [0.15, 0.2) is 0 Å². The fraction of sp³-hybridized carbons (Fsp3) is 1.00. The second-order valence-electron chi connectivity index (χ2n) is 10.8. The van der Waals surface area contributed by atoms with Crippen LogP contribution in [0.1, 0.15) is 91.4 Å². The van der Waals surface area contributed by atoms with Crippen LogP contribution >= 0.6 is 0 Å². The molecule has 1 nitrogen and oxygen atoms in total. The molecule has 1 heteroatoms. The van der Waals surface area contributed by atoms with Gasteiger partial charge >= 0.3 is 0 Å². The van der Waals surface area contributed by atoms with Crippen molar-refractivity contribution in [3.63, 3.8) is 0 Å². The van der Waals surface area contributed by atoms with Crippen molar-refractivity contribution in [3.05, 3.63) is 0 Å². The maximum absolute atomic E-state index is 6.60. The molecular formula is C23H38O. The van der Waals surface area contributed by atoms with E-state index < -0.39 is 0 Å². The molecule has 0 aromatic rings. The van der Waals surface area contributed by atoms with Crippen molar-refractivity contribution in [2.45, 2.75) is 97.0 Å². The van der Waals surface area contributed by atoms with Crippen molar-refractivity contribution in [2.24, 2.45) is 40.4 Å². The van der Waals surface area contributed by atoms with E-state index >= 15 is 0 Å². The fourth-order valence-electron chi connectivity index (χ4n) is 9.17. The van der Waals surface area contributed by atoms with Gasteiger partial charge in [-0.25, -0.2) is 0 Å². The zero-order chi connectivity index (χ0) is 16.6. The largest absolute Gasteiger partial charge is 0.374 e. The summed E-state index contributed by atoms with van der Waals surface area (Å²) in [6.07, 6.45) is 16.2. The molecule has 5 aliphatic rings. The van der Waals surface area contributed by atoms with E-state index in [1.54, 1.807) is 0 Å². The van der Waals surface area contributed by atoms with Gasteiger partial charge in [0.15, 0.2) is 0 Å². The third-order valence-electron chi connectivity index (χ3n) is 10.5. The molecule has 0 aromatic heterocycles. The summed E-state index contributed by atoms with van der Waals surface area (Å²) in [5, 5.41) is 0. The Hall–Kier alpha value is -0.0400. The van der Waals surface area contributed by atoms with Crippen LogP contribution in [0.3, 0.4) is 0 Å². The summed E-state index contributed by atoms with van der Waals surface area (Å²) < 4.78 is 6.60. The average Bonchev–Trinajstić information content (AvgIpc) is 3.09. The van der Waals surface area contributed by atoms with Crippen molar-refractivity contribution in [1.29, 1.82) is 0 Å². The molecule has 0 bridgehead atoms. The van der Waals surface area contributed by atoms with E-state index in [0.29, 0.717) is 10.8 Å². The van der Waals surface area contributed by atoms with Crippen LogP contribution in [0.2, 0.25) is 0 Å². The monoisotopic (exact) mass is 330 g/mol. The summed E-state index contributed by atoms with van der Waals surface area (Å²) in [7, 11) is 0. The summed E-state index contributed by atoms with van der Waals surface area (Å²) in [4.78, 5) is 0. The van der Waals surface area contributed by atoms with Gasteiger partial charge in [0, 0.05) is 6.61 Å². The number of hydrogen-bond acceptors (Lipinski definition) is 1. The minimum absolute atomic E-state index is 0.243. The zero-order valence-electron chi connectivity index (χ0n) is 16.3. The molecule has 5 rings (SSSR count). The van der Waals surface area contributed by atoms with Gasteiger partial charge in [-0.3, -0.25) is 0 Å². The van der Waals surface area contributed by atoms with Gasteiger partial charge in [0.05, 0.1) is 5.60 Å². The summed E-state index contributed by atoms with van der Waals surface area (Å²) in [6, 6.07) is 0. The Balaban J connectivity index is 1.48. The van der Waals surface area contributed by atoms with Gasteiger partial charge in [-0.05, 0) is 98.2 Å². The maximum Gasteiger partial charge on any atom is 0.0764 e. The predicted molar refractivity (Wildman–Crippen MR) is 98.8 cm³/mol. The summed E-state index contributed by atoms with van der Waals surface area (Å²) in [5.74, 6) is 4.83. The minimum Gasteiger partial charge on any atom is -0.374 e. The van der Waals surface area contributed by atoms with Crippen LogP contribution < -0.4 is 0 Å². The third kappa shape index (κ3) is 1.81. The lowest BCUT2D eigenvalue weighted by molar-refractivity contribution is -0.165. The lowest BCUT2D eigenvalue weighted by Crippen LogP contribution is -2.57. The van der Waals surface area contributed by atoms with Crippen LogP contribution in [0.25, 0.3) is 0 Å². The Kier molecular flexibility index (Phi) is 3.53. The van der Waals surface area contributed by atoms with E-state index in [0.717, 1.165) is 36.2 Å². The van der Waals surface area contributed by atoms with Gasteiger partial charge in [-0.2, -0.15) is 0 Å². The number of fused-ring (bicyclic) bond motifs is 6. The molecular weight excluding hydrogens is 292 g/mol. The van der Waals surface area contributed by atoms with Crippen molar-refractivity contribution < 1.29 is 4.74 Å². The Morgan fingerprint density at radius 3 is 2.42 bits per heavy atom. The zero-order valence-corrected chi connectivity index (χ0v) is 16.3. The highest BCUT2D eigenvalue weighted by molar-refractivity contribution is 5.16. The van der Waals surface area contributed by atoms with Gasteiger partial charge in [-0.1, -0.05) is 33.6 Å². The lowest BCUT2D eigenvalue weighted by atomic mass is 9.44. The molecule has 0 aromatic carbocycles. The molecule has 2 unspecified atom stereocenters. The normalized spacial score (nSPS) is 59.9. The summed E-state index contributed by atoms with van der Waals surface area (Å²) in [6.45, 7) is 8.87. The molecule has 0 amide bonds. The molecule has 4 aliphatic carbocycles. The Morgan fingerprint density at radius 1 is 0.792 bits per heavy atom. The van der Waals surface area contributed by atoms with Crippen LogP contribution in [0.4, 0.5) is 0 Å². The summed E-state index contributed by atoms with van der Waals surface area (Å²) >= 11 is 0. The van der Waals surface area contributed by atoms with Crippen LogP contribution in [0, 0.1) is 40.4 Å². The fourth-order valence-corrected chi connectivity index (χ4v) is 9.17. The van der Waals surface area contributed by atoms with Crippen molar-refractivity contribution in [2.75, 3.05) is 6.61 Å². The lowest BCUT2D eigenvalue weighted by Gasteiger charge is -2.61. The van der Waals surface area contributed by atoms with Gasteiger partial charge in [-0.15, -0.1) is 0 Å². The topological polar surface area (TPSA) is 9.23 Å². The van der Waals surface area contributed by atoms with Gasteiger partial charge < -0.3 is 4.74 Å². The van der Waals surface area contributed by atoms with Crippen LogP contribution in [-0.4, -0.2) is 12.2 Å². The first-order chi connectivity index (χ1) is 11.5. The molecule has 0 N–H and O–H groups in total. The van der Waals surface area contributed by atoms with Crippen LogP contribution in [0.5, 0.6) is 0 Å². The second-order valence-corrected chi connectivity index (χ2v) is 10.8.